The molecule has 0 unspecified atom stereocenters. The van der Waals surface area contributed by atoms with Crippen LogP contribution in [0.2, 0.25) is 0 Å². The number of amides is 3. The van der Waals surface area contributed by atoms with E-state index in [-0.39, 0.29) is 24.1 Å². The van der Waals surface area contributed by atoms with E-state index in [0.29, 0.717) is 18.5 Å². The maximum absolute atomic E-state index is 14.5. The van der Waals surface area contributed by atoms with Crippen LogP contribution in [0.5, 0.6) is 0 Å². The van der Waals surface area contributed by atoms with Crippen molar-refractivity contribution in [2.75, 3.05) is 35.2 Å². The molecule has 0 saturated carbocycles. The highest BCUT2D eigenvalue weighted by Crippen LogP contribution is 2.21. The van der Waals surface area contributed by atoms with E-state index in [1.54, 1.807) is 58.4 Å². The second-order valence-corrected chi connectivity index (χ2v) is 11.1. The SMILES string of the molecule is CN(C(=O)c1cccc(CN)c1)[C@H](Cc1ccc2ccccc2c1)C(=O)N(C)[C@H](Cc1ccccc1)C(=O)N(C)N(C)C. The minimum Gasteiger partial charge on any atom is -0.332 e. The number of carbonyl (C=O) groups excluding carboxylic acids is 3. The summed E-state index contributed by atoms with van der Waals surface area (Å²) in [7, 11) is 8.55. The van der Waals surface area contributed by atoms with Crippen molar-refractivity contribution in [3.05, 3.63) is 119 Å². The predicted molar refractivity (Wildman–Crippen MR) is 171 cm³/mol. The van der Waals surface area contributed by atoms with Crippen LogP contribution in [0, 0.1) is 0 Å². The highest BCUT2D eigenvalue weighted by Gasteiger charge is 2.36. The number of carbonyl (C=O) groups is 3. The van der Waals surface area contributed by atoms with Crippen molar-refractivity contribution in [2.45, 2.75) is 31.5 Å². The lowest BCUT2D eigenvalue weighted by Gasteiger charge is -2.37. The van der Waals surface area contributed by atoms with E-state index in [0.717, 1.165) is 27.5 Å². The average molecular weight is 580 g/mol. The van der Waals surface area contributed by atoms with Gasteiger partial charge in [0, 0.05) is 60.2 Å². The molecule has 0 heterocycles. The molecule has 0 saturated heterocycles. The molecule has 8 heteroatoms. The maximum atomic E-state index is 14.5. The molecule has 0 aromatic heterocycles. The molecule has 4 rings (SSSR count). The Bertz CT molecular complexity index is 1570. The molecule has 2 N–H and O–H groups in total. The summed E-state index contributed by atoms with van der Waals surface area (Å²) in [5.41, 5.74) is 8.96. The van der Waals surface area contributed by atoms with Gasteiger partial charge in [-0.3, -0.25) is 19.4 Å². The minimum atomic E-state index is -0.865. The van der Waals surface area contributed by atoms with Gasteiger partial charge in [-0.05, 0) is 39.6 Å². The molecule has 3 amide bonds. The molecule has 0 bridgehead atoms. The van der Waals surface area contributed by atoms with Crippen LogP contribution in [-0.2, 0) is 29.0 Å². The Kier molecular flexibility index (Phi) is 10.3. The standard InChI is InChI=1S/C35H41N5O3/c1-37(2)40(5)35(43)32(22-25-12-7-6-8-13-25)39(4)34(42)31(23-26-18-19-28-15-9-10-16-29(28)20-26)38(3)33(41)30-17-11-14-27(21-30)24-36/h6-21,31-32H,22-24,36H2,1-5H3/t31-,32-/m1/s1. The third kappa shape index (κ3) is 7.46. The number of hydrogen-bond donors (Lipinski definition) is 1. The van der Waals surface area contributed by atoms with E-state index < -0.39 is 12.1 Å². The fourth-order valence-corrected chi connectivity index (χ4v) is 5.18. The largest absolute Gasteiger partial charge is 0.332 e. The zero-order valence-corrected chi connectivity index (χ0v) is 25.6. The molecule has 0 fully saturated rings. The topological polar surface area (TPSA) is 90.2 Å². The van der Waals surface area contributed by atoms with E-state index in [2.05, 4.69) is 6.07 Å². The van der Waals surface area contributed by atoms with Gasteiger partial charge in [-0.2, -0.15) is 0 Å². The van der Waals surface area contributed by atoms with Gasteiger partial charge in [0.05, 0.1) is 0 Å². The summed E-state index contributed by atoms with van der Waals surface area (Å²) in [5.74, 6) is -0.835. The van der Waals surface area contributed by atoms with Crippen molar-refractivity contribution < 1.29 is 14.4 Å². The maximum Gasteiger partial charge on any atom is 0.259 e. The first-order valence-electron chi connectivity index (χ1n) is 14.4. The van der Waals surface area contributed by atoms with Crippen molar-refractivity contribution in [3.63, 3.8) is 0 Å². The fourth-order valence-electron chi connectivity index (χ4n) is 5.18. The lowest BCUT2D eigenvalue weighted by Crippen LogP contribution is -2.57. The quantitative estimate of drug-likeness (QED) is 0.272. The molecular formula is C35H41N5O3. The lowest BCUT2D eigenvalue weighted by atomic mass is 9.98. The zero-order chi connectivity index (χ0) is 31.1. The van der Waals surface area contributed by atoms with Gasteiger partial charge >= 0.3 is 0 Å². The summed E-state index contributed by atoms with van der Waals surface area (Å²) >= 11 is 0. The number of hydrazine groups is 1. The zero-order valence-electron chi connectivity index (χ0n) is 25.6. The molecule has 2 atom stereocenters. The minimum absolute atomic E-state index is 0.223. The van der Waals surface area contributed by atoms with Gasteiger partial charge in [-0.1, -0.05) is 84.9 Å². The Morgan fingerprint density at radius 1 is 0.605 bits per heavy atom. The van der Waals surface area contributed by atoms with E-state index in [1.165, 1.54) is 14.8 Å². The van der Waals surface area contributed by atoms with Crippen LogP contribution in [0.4, 0.5) is 0 Å². The normalized spacial score (nSPS) is 12.5. The number of fused-ring (bicyclic) bond motifs is 1. The molecule has 4 aromatic rings. The van der Waals surface area contributed by atoms with Gasteiger partial charge in [0.15, 0.2) is 0 Å². The Balaban J connectivity index is 1.72. The number of benzene rings is 4. The molecule has 43 heavy (non-hydrogen) atoms. The van der Waals surface area contributed by atoms with Crippen molar-refractivity contribution >= 4 is 28.5 Å². The number of nitrogens with zero attached hydrogens (tertiary/aromatic N) is 4. The van der Waals surface area contributed by atoms with Crippen LogP contribution in [0.15, 0.2) is 97.1 Å². The van der Waals surface area contributed by atoms with Crippen molar-refractivity contribution in [1.82, 2.24) is 19.8 Å². The van der Waals surface area contributed by atoms with Gasteiger partial charge < -0.3 is 15.5 Å². The van der Waals surface area contributed by atoms with Crippen molar-refractivity contribution in [3.8, 4) is 0 Å². The van der Waals surface area contributed by atoms with E-state index >= 15 is 0 Å². The molecule has 224 valence electrons. The average Bonchev–Trinajstić information content (AvgIpc) is 3.04. The summed E-state index contributed by atoms with van der Waals surface area (Å²) in [5, 5.41) is 5.33. The molecule has 4 aromatic carbocycles. The lowest BCUT2D eigenvalue weighted by molar-refractivity contribution is -0.153. The first kappa shape index (κ1) is 31.4. The molecule has 8 nitrogen and oxygen atoms in total. The fraction of sp³-hybridized carbons (Fsp3) is 0.286. The summed E-state index contributed by atoms with van der Waals surface area (Å²) in [6.45, 7) is 0.301. The Labute approximate surface area is 254 Å². The number of nitrogens with two attached hydrogens (primary N) is 1. The van der Waals surface area contributed by atoms with Crippen molar-refractivity contribution in [2.24, 2.45) is 5.73 Å². The summed E-state index contributed by atoms with van der Waals surface area (Å²) in [6, 6.07) is 29.2. The highest BCUT2D eigenvalue weighted by molar-refractivity contribution is 5.98. The third-order valence-electron chi connectivity index (χ3n) is 8.02. The first-order chi connectivity index (χ1) is 20.6. The second kappa shape index (κ2) is 14.1. The molecule has 0 aliphatic rings. The monoisotopic (exact) mass is 579 g/mol. The van der Waals surface area contributed by atoms with Crippen LogP contribution in [0.3, 0.4) is 0 Å². The molecule has 0 aliphatic carbocycles. The van der Waals surface area contributed by atoms with Crippen LogP contribution < -0.4 is 5.73 Å². The number of likely N-dealkylation sites (N-methyl/N-ethyl adjacent to an activating group) is 3. The molecule has 0 aliphatic heterocycles. The van der Waals surface area contributed by atoms with Crippen LogP contribution in [-0.4, -0.2) is 84.9 Å². The van der Waals surface area contributed by atoms with E-state index in [4.69, 9.17) is 5.73 Å². The molecule has 0 spiro atoms. The van der Waals surface area contributed by atoms with Gasteiger partial charge in [-0.15, -0.1) is 0 Å². The number of hydrogen-bond acceptors (Lipinski definition) is 5. The first-order valence-corrected chi connectivity index (χ1v) is 14.4. The molecule has 0 radical (unpaired) electrons. The second-order valence-electron chi connectivity index (χ2n) is 11.1. The number of rotatable bonds is 11. The summed E-state index contributed by atoms with van der Waals surface area (Å²) < 4.78 is 0. The van der Waals surface area contributed by atoms with Gasteiger partial charge in [0.1, 0.15) is 12.1 Å². The van der Waals surface area contributed by atoms with Gasteiger partial charge in [0.25, 0.3) is 11.8 Å². The van der Waals surface area contributed by atoms with Gasteiger partial charge in [-0.25, -0.2) is 5.01 Å². The van der Waals surface area contributed by atoms with Crippen molar-refractivity contribution in [1.29, 1.82) is 0 Å². The molecular weight excluding hydrogens is 538 g/mol. The summed E-state index contributed by atoms with van der Waals surface area (Å²) in [4.78, 5) is 45.0. The Morgan fingerprint density at radius 3 is 1.88 bits per heavy atom. The smallest absolute Gasteiger partial charge is 0.259 e. The highest BCUT2D eigenvalue weighted by atomic mass is 16.2. The van der Waals surface area contributed by atoms with E-state index in [9.17, 15) is 14.4 Å². The third-order valence-corrected chi connectivity index (χ3v) is 8.02. The summed E-state index contributed by atoms with van der Waals surface area (Å²) in [6.07, 6.45) is 0.613. The predicted octanol–water partition coefficient (Wildman–Crippen LogP) is 3.99. The van der Waals surface area contributed by atoms with Crippen LogP contribution in [0.25, 0.3) is 10.8 Å². The Hall–Kier alpha value is -4.53. The van der Waals surface area contributed by atoms with Gasteiger partial charge in [0.2, 0.25) is 5.91 Å². The van der Waals surface area contributed by atoms with Crippen LogP contribution >= 0.6 is 0 Å². The van der Waals surface area contributed by atoms with E-state index in [1.807, 2.05) is 72.8 Å². The Morgan fingerprint density at radius 2 is 1.21 bits per heavy atom. The van der Waals surface area contributed by atoms with Crippen LogP contribution in [0.1, 0.15) is 27.0 Å².